The summed E-state index contributed by atoms with van der Waals surface area (Å²) in [5.74, 6) is 0.0117. The molecule has 4 nitrogen and oxygen atoms in total. The van der Waals surface area contributed by atoms with Gasteiger partial charge in [0, 0.05) is 47.7 Å². The monoisotopic (exact) mass is 362 g/mol. The van der Waals surface area contributed by atoms with Crippen molar-refractivity contribution in [3.8, 4) is 0 Å². The van der Waals surface area contributed by atoms with Crippen molar-refractivity contribution in [2.24, 2.45) is 0 Å². The Morgan fingerprint density at radius 2 is 2.17 bits per heavy atom. The van der Waals surface area contributed by atoms with Gasteiger partial charge in [0.15, 0.2) is 0 Å². The van der Waals surface area contributed by atoms with Crippen molar-refractivity contribution in [1.29, 1.82) is 0 Å². The van der Waals surface area contributed by atoms with Gasteiger partial charge in [0.2, 0.25) is 5.91 Å². The Balaban J connectivity index is 1.61. The SMILES string of the molecule is COCCn1ccc2cc(NC(=O)CCc3ccc(Cl)s3)ccc21. The van der Waals surface area contributed by atoms with Gasteiger partial charge in [-0.05, 0) is 42.8 Å². The smallest absolute Gasteiger partial charge is 0.224 e. The van der Waals surface area contributed by atoms with E-state index in [1.54, 1.807) is 7.11 Å². The summed E-state index contributed by atoms with van der Waals surface area (Å²) in [7, 11) is 1.70. The van der Waals surface area contributed by atoms with Crippen LogP contribution in [0.3, 0.4) is 0 Å². The summed E-state index contributed by atoms with van der Waals surface area (Å²) in [6.45, 7) is 1.49. The van der Waals surface area contributed by atoms with E-state index in [4.69, 9.17) is 16.3 Å². The van der Waals surface area contributed by atoms with Gasteiger partial charge < -0.3 is 14.6 Å². The number of aromatic nitrogens is 1. The van der Waals surface area contributed by atoms with Crippen LogP contribution in [-0.2, 0) is 22.5 Å². The molecule has 3 rings (SSSR count). The van der Waals surface area contributed by atoms with Crippen molar-refractivity contribution in [1.82, 2.24) is 4.57 Å². The number of nitrogens with zero attached hydrogens (tertiary/aromatic N) is 1. The Kier molecular flexibility index (Phi) is 5.56. The molecule has 126 valence electrons. The van der Waals surface area contributed by atoms with Crippen LogP contribution >= 0.6 is 22.9 Å². The third kappa shape index (κ3) is 4.17. The van der Waals surface area contributed by atoms with E-state index in [-0.39, 0.29) is 5.91 Å². The number of thiophene rings is 1. The molecule has 0 aliphatic rings. The highest BCUT2D eigenvalue weighted by Gasteiger charge is 2.07. The summed E-state index contributed by atoms with van der Waals surface area (Å²) in [6, 6.07) is 11.8. The number of ether oxygens (including phenoxy) is 1. The number of halogens is 1. The number of amides is 1. The minimum atomic E-state index is 0.0117. The molecule has 0 radical (unpaired) electrons. The molecule has 1 aromatic carbocycles. The van der Waals surface area contributed by atoms with Crippen molar-refractivity contribution >= 4 is 45.4 Å². The average molecular weight is 363 g/mol. The summed E-state index contributed by atoms with van der Waals surface area (Å²) >= 11 is 7.42. The average Bonchev–Trinajstić information content (AvgIpc) is 3.17. The standard InChI is InChI=1S/C18H19ClN2O2S/c1-23-11-10-21-9-8-13-12-14(2-5-16(13)21)20-18(22)7-4-15-3-6-17(19)24-15/h2-3,5-6,8-9,12H,4,7,10-11H2,1H3,(H,20,22). The van der Waals surface area contributed by atoms with Crippen molar-refractivity contribution in [3.63, 3.8) is 0 Å². The van der Waals surface area contributed by atoms with Gasteiger partial charge in [0.05, 0.1) is 10.9 Å². The minimum Gasteiger partial charge on any atom is -0.383 e. The highest BCUT2D eigenvalue weighted by Crippen LogP contribution is 2.23. The Labute approximate surface area is 150 Å². The van der Waals surface area contributed by atoms with Gasteiger partial charge in [-0.2, -0.15) is 0 Å². The number of rotatable bonds is 7. The molecular formula is C18H19ClN2O2S. The maximum absolute atomic E-state index is 12.1. The summed E-state index contributed by atoms with van der Waals surface area (Å²) in [5, 5.41) is 4.07. The number of hydrogen-bond donors (Lipinski definition) is 1. The molecule has 0 bridgehead atoms. The Morgan fingerprint density at radius 1 is 1.29 bits per heavy atom. The lowest BCUT2D eigenvalue weighted by Gasteiger charge is -2.07. The first-order valence-corrected chi connectivity index (χ1v) is 8.97. The first-order valence-electron chi connectivity index (χ1n) is 7.77. The van der Waals surface area contributed by atoms with Crippen LogP contribution in [0.2, 0.25) is 4.34 Å². The molecule has 1 amide bonds. The highest BCUT2D eigenvalue weighted by atomic mass is 35.5. The van der Waals surface area contributed by atoms with Gasteiger partial charge in [-0.25, -0.2) is 0 Å². The second kappa shape index (κ2) is 7.83. The number of carbonyl (C=O) groups is 1. The number of carbonyl (C=O) groups excluding carboxylic acids is 1. The molecule has 0 spiro atoms. The largest absolute Gasteiger partial charge is 0.383 e. The van der Waals surface area contributed by atoms with Crippen molar-refractivity contribution in [2.45, 2.75) is 19.4 Å². The Bertz CT molecular complexity index is 841. The van der Waals surface area contributed by atoms with Crippen LogP contribution in [-0.4, -0.2) is 24.2 Å². The quantitative estimate of drug-likeness (QED) is 0.668. The van der Waals surface area contributed by atoms with Gasteiger partial charge in [-0.15, -0.1) is 11.3 Å². The van der Waals surface area contributed by atoms with Crippen LogP contribution in [0, 0.1) is 0 Å². The minimum absolute atomic E-state index is 0.0117. The molecule has 0 saturated heterocycles. The van der Waals surface area contributed by atoms with E-state index in [1.807, 2.05) is 42.6 Å². The normalized spacial score (nSPS) is 11.1. The van der Waals surface area contributed by atoms with Crippen molar-refractivity contribution in [3.05, 3.63) is 51.8 Å². The van der Waals surface area contributed by atoms with Gasteiger partial charge in [-0.3, -0.25) is 4.79 Å². The molecule has 0 aliphatic carbocycles. The van der Waals surface area contributed by atoms with Gasteiger partial charge >= 0.3 is 0 Å². The van der Waals surface area contributed by atoms with E-state index < -0.39 is 0 Å². The van der Waals surface area contributed by atoms with Gasteiger partial charge in [-0.1, -0.05) is 11.6 Å². The molecule has 0 aliphatic heterocycles. The second-order valence-corrected chi connectivity index (χ2v) is 7.33. The number of benzene rings is 1. The fourth-order valence-corrected chi connectivity index (χ4v) is 3.70. The molecule has 2 aromatic heterocycles. The third-order valence-corrected chi connectivity index (χ3v) is 5.11. The number of anilines is 1. The molecule has 0 atom stereocenters. The number of aryl methyl sites for hydroxylation is 1. The lowest BCUT2D eigenvalue weighted by molar-refractivity contribution is -0.116. The zero-order chi connectivity index (χ0) is 16.9. The van der Waals surface area contributed by atoms with E-state index in [0.29, 0.717) is 19.4 Å². The number of methoxy groups -OCH3 is 1. The van der Waals surface area contributed by atoms with Crippen LogP contribution in [0.15, 0.2) is 42.6 Å². The first kappa shape index (κ1) is 17.0. The zero-order valence-corrected chi connectivity index (χ0v) is 15.0. The number of nitrogens with one attached hydrogen (secondary N) is 1. The summed E-state index contributed by atoms with van der Waals surface area (Å²) in [5.41, 5.74) is 1.96. The van der Waals surface area contributed by atoms with Gasteiger partial charge in [0.1, 0.15) is 0 Å². The zero-order valence-electron chi connectivity index (χ0n) is 13.4. The summed E-state index contributed by atoms with van der Waals surface area (Å²) in [4.78, 5) is 13.2. The summed E-state index contributed by atoms with van der Waals surface area (Å²) in [6.07, 6.45) is 3.19. The lowest BCUT2D eigenvalue weighted by atomic mass is 10.2. The fraction of sp³-hybridized carbons (Fsp3) is 0.278. The third-order valence-electron chi connectivity index (χ3n) is 3.82. The lowest BCUT2D eigenvalue weighted by Crippen LogP contribution is -2.12. The molecule has 0 fully saturated rings. The predicted molar refractivity (Wildman–Crippen MR) is 100 cm³/mol. The highest BCUT2D eigenvalue weighted by molar-refractivity contribution is 7.16. The second-order valence-electron chi connectivity index (χ2n) is 5.53. The van der Waals surface area contributed by atoms with E-state index in [2.05, 4.69) is 9.88 Å². The van der Waals surface area contributed by atoms with E-state index in [0.717, 1.165) is 32.3 Å². The van der Waals surface area contributed by atoms with Crippen LogP contribution < -0.4 is 5.32 Å². The van der Waals surface area contributed by atoms with E-state index in [9.17, 15) is 4.79 Å². The fourth-order valence-electron chi connectivity index (χ4n) is 2.61. The van der Waals surface area contributed by atoms with Crippen LogP contribution in [0.4, 0.5) is 5.69 Å². The van der Waals surface area contributed by atoms with Crippen molar-refractivity contribution < 1.29 is 9.53 Å². The Morgan fingerprint density at radius 3 is 2.92 bits per heavy atom. The molecule has 3 aromatic rings. The van der Waals surface area contributed by atoms with Crippen LogP contribution in [0.1, 0.15) is 11.3 Å². The molecular weight excluding hydrogens is 344 g/mol. The van der Waals surface area contributed by atoms with E-state index >= 15 is 0 Å². The molecule has 1 N–H and O–H groups in total. The number of fused-ring (bicyclic) bond motifs is 1. The Hall–Kier alpha value is -1.82. The maximum atomic E-state index is 12.1. The van der Waals surface area contributed by atoms with Crippen LogP contribution in [0.25, 0.3) is 10.9 Å². The molecule has 2 heterocycles. The molecule has 0 saturated carbocycles. The van der Waals surface area contributed by atoms with Crippen LogP contribution in [0.5, 0.6) is 0 Å². The molecule has 6 heteroatoms. The first-order chi connectivity index (χ1) is 11.7. The molecule has 24 heavy (non-hydrogen) atoms. The molecule has 0 unspecified atom stereocenters. The summed E-state index contributed by atoms with van der Waals surface area (Å²) < 4.78 is 8.02. The topological polar surface area (TPSA) is 43.3 Å². The van der Waals surface area contributed by atoms with Crippen molar-refractivity contribution in [2.75, 3.05) is 19.0 Å². The number of hydrogen-bond acceptors (Lipinski definition) is 3. The predicted octanol–water partition coefficient (Wildman–Crippen LogP) is 4.57. The van der Waals surface area contributed by atoms with Gasteiger partial charge in [0.25, 0.3) is 0 Å². The maximum Gasteiger partial charge on any atom is 0.224 e. The van der Waals surface area contributed by atoms with E-state index in [1.165, 1.54) is 11.3 Å².